The van der Waals surface area contributed by atoms with Gasteiger partial charge in [-0.1, -0.05) is 13.0 Å². The van der Waals surface area contributed by atoms with Crippen LogP contribution < -0.4 is 5.32 Å². The monoisotopic (exact) mass is 288 g/mol. The molecule has 2 fully saturated rings. The second-order valence-electron chi connectivity index (χ2n) is 6.16. The molecule has 1 aromatic heterocycles. The van der Waals surface area contributed by atoms with Crippen LogP contribution in [0.5, 0.6) is 0 Å². The Labute approximate surface area is 126 Å². The standard InChI is InChI=1S/C16H24N4O/c1-13-10-17-11-15(13)16(21)20-8-6-19(7-9-20)12-14-4-2-3-5-18-14/h2-5,13,15,17H,6-12H2,1H3. The van der Waals surface area contributed by atoms with Gasteiger partial charge < -0.3 is 10.2 Å². The van der Waals surface area contributed by atoms with Gasteiger partial charge in [-0.25, -0.2) is 0 Å². The second-order valence-corrected chi connectivity index (χ2v) is 6.16. The molecule has 3 rings (SSSR count). The fourth-order valence-corrected chi connectivity index (χ4v) is 3.22. The van der Waals surface area contributed by atoms with Crippen molar-refractivity contribution in [2.24, 2.45) is 11.8 Å². The van der Waals surface area contributed by atoms with Crippen LogP contribution in [0.2, 0.25) is 0 Å². The van der Waals surface area contributed by atoms with Crippen molar-refractivity contribution in [2.45, 2.75) is 13.5 Å². The van der Waals surface area contributed by atoms with Gasteiger partial charge >= 0.3 is 0 Å². The van der Waals surface area contributed by atoms with Crippen LogP contribution in [0.15, 0.2) is 24.4 Å². The van der Waals surface area contributed by atoms with E-state index in [1.165, 1.54) is 0 Å². The van der Waals surface area contributed by atoms with Gasteiger partial charge in [0.15, 0.2) is 0 Å². The molecule has 0 aliphatic carbocycles. The molecule has 1 amide bonds. The highest BCUT2D eigenvalue weighted by Crippen LogP contribution is 2.19. The number of pyridine rings is 1. The highest BCUT2D eigenvalue weighted by Gasteiger charge is 2.33. The summed E-state index contributed by atoms with van der Waals surface area (Å²) < 4.78 is 0. The number of nitrogens with zero attached hydrogens (tertiary/aromatic N) is 3. The lowest BCUT2D eigenvalue weighted by atomic mass is 9.96. The van der Waals surface area contributed by atoms with E-state index in [-0.39, 0.29) is 5.92 Å². The zero-order chi connectivity index (χ0) is 14.7. The largest absolute Gasteiger partial charge is 0.340 e. The van der Waals surface area contributed by atoms with Crippen LogP contribution in [0.3, 0.4) is 0 Å². The first-order chi connectivity index (χ1) is 10.2. The van der Waals surface area contributed by atoms with E-state index in [1.54, 1.807) is 0 Å². The first-order valence-corrected chi connectivity index (χ1v) is 7.86. The number of hydrogen-bond acceptors (Lipinski definition) is 4. The van der Waals surface area contributed by atoms with Crippen LogP contribution in [0.1, 0.15) is 12.6 Å². The molecule has 2 aliphatic heterocycles. The van der Waals surface area contributed by atoms with E-state index in [0.717, 1.165) is 51.5 Å². The zero-order valence-corrected chi connectivity index (χ0v) is 12.7. The van der Waals surface area contributed by atoms with Gasteiger partial charge in [0.25, 0.3) is 0 Å². The van der Waals surface area contributed by atoms with Crippen molar-refractivity contribution in [3.63, 3.8) is 0 Å². The van der Waals surface area contributed by atoms with Gasteiger partial charge in [-0.15, -0.1) is 0 Å². The number of nitrogens with one attached hydrogen (secondary N) is 1. The van der Waals surface area contributed by atoms with Crippen molar-refractivity contribution in [1.82, 2.24) is 20.1 Å². The summed E-state index contributed by atoms with van der Waals surface area (Å²) in [5.41, 5.74) is 1.10. The summed E-state index contributed by atoms with van der Waals surface area (Å²) in [6, 6.07) is 6.02. The summed E-state index contributed by atoms with van der Waals surface area (Å²) in [5, 5.41) is 3.32. The Morgan fingerprint density at radius 2 is 2.10 bits per heavy atom. The number of hydrogen-bond donors (Lipinski definition) is 1. The predicted octanol–water partition coefficient (Wildman–Crippen LogP) is 0.581. The molecule has 0 aromatic carbocycles. The molecule has 3 heterocycles. The van der Waals surface area contributed by atoms with Crippen LogP contribution >= 0.6 is 0 Å². The number of carbonyl (C=O) groups is 1. The topological polar surface area (TPSA) is 48.5 Å². The number of aromatic nitrogens is 1. The smallest absolute Gasteiger partial charge is 0.227 e. The fourth-order valence-electron chi connectivity index (χ4n) is 3.22. The zero-order valence-electron chi connectivity index (χ0n) is 12.7. The van der Waals surface area contributed by atoms with Crippen molar-refractivity contribution in [3.05, 3.63) is 30.1 Å². The molecule has 2 saturated heterocycles. The van der Waals surface area contributed by atoms with Gasteiger partial charge in [0.05, 0.1) is 11.6 Å². The second kappa shape index (κ2) is 6.54. The summed E-state index contributed by atoms with van der Waals surface area (Å²) in [6.07, 6.45) is 1.84. The Hall–Kier alpha value is -1.46. The summed E-state index contributed by atoms with van der Waals surface area (Å²) in [5.74, 6) is 0.973. The number of piperazine rings is 1. The highest BCUT2D eigenvalue weighted by molar-refractivity contribution is 5.79. The molecule has 21 heavy (non-hydrogen) atoms. The van der Waals surface area contributed by atoms with E-state index in [2.05, 4.69) is 28.2 Å². The molecule has 0 saturated carbocycles. The van der Waals surface area contributed by atoms with Crippen LogP contribution in [-0.2, 0) is 11.3 Å². The molecule has 5 heteroatoms. The van der Waals surface area contributed by atoms with Crippen molar-refractivity contribution in [3.8, 4) is 0 Å². The van der Waals surface area contributed by atoms with Gasteiger partial charge in [-0.05, 0) is 24.6 Å². The molecule has 2 aliphatic rings. The number of carbonyl (C=O) groups excluding carboxylic acids is 1. The van der Waals surface area contributed by atoms with Gasteiger partial charge in [-0.2, -0.15) is 0 Å². The third kappa shape index (κ3) is 3.41. The lowest BCUT2D eigenvalue weighted by Gasteiger charge is -2.36. The quantitative estimate of drug-likeness (QED) is 0.884. The molecular formula is C16H24N4O. The van der Waals surface area contributed by atoms with Crippen molar-refractivity contribution in [2.75, 3.05) is 39.3 Å². The predicted molar refractivity (Wildman–Crippen MR) is 81.6 cm³/mol. The highest BCUT2D eigenvalue weighted by atomic mass is 16.2. The minimum Gasteiger partial charge on any atom is -0.340 e. The van der Waals surface area contributed by atoms with Crippen LogP contribution in [-0.4, -0.2) is 60.0 Å². The summed E-state index contributed by atoms with van der Waals surface area (Å²) >= 11 is 0. The van der Waals surface area contributed by atoms with E-state index < -0.39 is 0 Å². The minimum atomic E-state index is 0.173. The molecule has 1 N–H and O–H groups in total. The fraction of sp³-hybridized carbons (Fsp3) is 0.625. The first kappa shape index (κ1) is 14.5. The molecule has 1 aromatic rings. The van der Waals surface area contributed by atoms with E-state index in [1.807, 2.05) is 23.2 Å². The van der Waals surface area contributed by atoms with Crippen LogP contribution in [0, 0.1) is 11.8 Å². The summed E-state index contributed by atoms with van der Waals surface area (Å²) in [4.78, 5) is 21.3. The van der Waals surface area contributed by atoms with E-state index >= 15 is 0 Å². The van der Waals surface area contributed by atoms with Gasteiger partial charge in [-0.3, -0.25) is 14.7 Å². The van der Waals surface area contributed by atoms with E-state index in [9.17, 15) is 4.79 Å². The van der Waals surface area contributed by atoms with Gasteiger partial charge in [0.1, 0.15) is 0 Å². The Morgan fingerprint density at radius 3 is 2.71 bits per heavy atom. The molecule has 0 bridgehead atoms. The maximum absolute atomic E-state index is 12.5. The Bertz CT molecular complexity index is 470. The van der Waals surface area contributed by atoms with Gasteiger partial charge in [0, 0.05) is 45.5 Å². The van der Waals surface area contributed by atoms with Crippen molar-refractivity contribution >= 4 is 5.91 Å². The number of rotatable bonds is 3. The lowest BCUT2D eigenvalue weighted by molar-refractivity contribution is -0.137. The minimum absolute atomic E-state index is 0.173. The summed E-state index contributed by atoms with van der Waals surface area (Å²) in [7, 11) is 0. The van der Waals surface area contributed by atoms with Crippen molar-refractivity contribution < 1.29 is 4.79 Å². The third-order valence-electron chi connectivity index (χ3n) is 4.63. The molecule has 0 radical (unpaired) electrons. The molecular weight excluding hydrogens is 264 g/mol. The Kier molecular flexibility index (Phi) is 4.51. The van der Waals surface area contributed by atoms with Crippen LogP contribution in [0.4, 0.5) is 0 Å². The van der Waals surface area contributed by atoms with Crippen LogP contribution in [0.25, 0.3) is 0 Å². The molecule has 5 nitrogen and oxygen atoms in total. The third-order valence-corrected chi connectivity index (χ3v) is 4.63. The average molecular weight is 288 g/mol. The normalized spacial score (nSPS) is 27.0. The molecule has 2 unspecified atom stereocenters. The van der Waals surface area contributed by atoms with E-state index in [0.29, 0.717) is 11.8 Å². The van der Waals surface area contributed by atoms with Crippen molar-refractivity contribution in [1.29, 1.82) is 0 Å². The maximum Gasteiger partial charge on any atom is 0.227 e. The SMILES string of the molecule is CC1CNCC1C(=O)N1CCN(Cc2ccccn2)CC1. The molecule has 114 valence electrons. The Morgan fingerprint density at radius 1 is 1.29 bits per heavy atom. The maximum atomic E-state index is 12.5. The number of amides is 1. The average Bonchev–Trinajstić information content (AvgIpc) is 2.94. The van der Waals surface area contributed by atoms with E-state index in [4.69, 9.17) is 0 Å². The first-order valence-electron chi connectivity index (χ1n) is 7.86. The molecule has 2 atom stereocenters. The summed E-state index contributed by atoms with van der Waals surface area (Å²) in [6.45, 7) is 8.42. The Balaban J connectivity index is 1.50. The lowest BCUT2D eigenvalue weighted by Crippen LogP contribution is -2.50. The molecule has 0 spiro atoms. The van der Waals surface area contributed by atoms with Gasteiger partial charge in [0.2, 0.25) is 5.91 Å².